The van der Waals surface area contributed by atoms with Crippen molar-refractivity contribution in [2.75, 3.05) is 0 Å². The van der Waals surface area contributed by atoms with Gasteiger partial charge < -0.3 is 5.11 Å². The van der Waals surface area contributed by atoms with E-state index in [-0.39, 0.29) is 5.78 Å². The van der Waals surface area contributed by atoms with Crippen molar-refractivity contribution in [1.82, 2.24) is 0 Å². The first-order chi connectivity index (χ1) is 10.5. The Bertz CT molecular complexity index is 842. The number of phenolic OH excluding ortho intramolecular Hbond substituents is 1. The van der Waals surface area contributed by atoms with Crippen molar-refractivity contribution >= 4 is 29.1 Å². The standard InChI is InChI=1S/C16H10ClNO4/c17-13-3-1-2-11-12(13)8-10(16(11)20)6-9-4-5-15(19)14(7-9)18(21)22/h1-7,19H,8H2/b10-6-. The second-order valence-corrected chi connectivity index (χ2v) is 5.35. The molecule has 0 heterocycles. The average Bonchev–Trinajstić information content (AvgIpc) is 2.79. The Morgan fingerprint density at radius 2 is 2.05 bits per heavy atom. The van der Waals surface area contributed by atoms with Crippen LogP contribution in [0.15, 0.2) is 42.0 Å². The van der Waals surface area contributed by atoms with Crippen LogP contribution in [0.3, 0.4) is 0 Å². The second kappa shape index (κ2) is 5.27. The van der Waals surface area contributed by atoms with Crippen LogP contribution in [0.5, 0.6) is 5.75 Å². The Kier molecular flexibility index (Phi) is 3.42. The van der Waals surface area contributed by atoms with Gasteiger partial charge in [0, 0.05) is 28.6 Å². The summed E-state index contributed by atoms with van der Waals surface area (Å²) in [7, 11) is 0. The van der Waals surface area contributed by atoms with Gasteiger partial charge in [0.1, 0.15) is 0 Å². The maximum Gasteiger partial charge on any atom is 0.311 e. The van der Waals surface area contributed by atoms with Gasteiger partial charge in [0.15, 0.2) is 11.5 Å². The van der Waals surface area contributed by atoms with Crippen molar-refractivity contribution < 1.29 is 14.8 Å². The van der Waals surface area contributed by atoms with Gasteiger partial charge in [0.2, 0.25) is 0 Å². The molecule has 110 valence electrons. The topological polar surface area (TPSA) is 80.4 Å². The molecule has 0 aromatic heterocycles. The van der Waals surface area contributed by atoms with E-state index in [1.54, 1.807) is 24.3 Å². The molecule has 0 aliphatic heterocycles. The van der Waals surface area contributed by atoms with Gasteiger partial charge in [-0.2, -0.15) is 0 Å². The van der Waals surface area contributed by atoms with Gasteiger partial charge in [-0.15, -0.1) is 0 Å². The van der Waals surface area contributed by atoms with Crippen molar-refractivity contribution in [2.45, 2.75) is 6.42 Å². The van der Waals surface area contributed by atoms with E-state index in [1.165, 1.54) is 18.2 Å². The number of rotatable bonds is 2. The maximum absolute atomic E-state index is 12.3. The highest BCUT2D eigenvalue weighted by Gasteiger charge is 2.26. The second-order valence-electron chi connectivity index (χ2n) is 4.95. The molecule has 0 saturated carbocycles. The molecule has 0 spiro atoms. The number of Topliss-reactive ketones (excluding diaryl/α,β-unsaturated/α-hetero) is 1. The third kappa shape index (κ3) is 2.35. The fourth-order valence-corrected chi connectivity index (χ4v) is 2.73. The lowest BCUT2D eigenvalue weighted by Crippen LogP contribution is -1.95. The number of aromatic hydroxyl groups is 1. The summed E-state index contributed by atoms with van der Waals surface area (Å²) in [5, 5.41) is 20.8. The van der Waals surface area contributed by atoms with Crippen LogP contribution in [-0.4, -0.2) is 15.8 Å². The molecule has 22 heavy (non-hydrogen) atoms. The summed E-state index contributed by atoms with van der Waals surface area (Å²) in [5.41, 5.74) is 1.94. The van der Waals surface area contributed by atoms with Gasteiger partial charge in [-0.25, -0.2) is 0 Å². The highest BCUT2D eigenvalue weighted by molar-refractivity contribution is 6.33. The number of carbonyl (C=O) groups excluding carboxylic acids is 1. The van der Waals surface area contributed by atoms with Gasteiger partial charge in [-0.05, 0) is 29.3 Å². The normalized spacial score (nSPS) is 15.1. The van der Waals surface area contributed by atoms with E-state index in [2.05, 4.69) is 0 Å². The number of phenols is 1. The van der Waals surface area contributed by atoms with Gasteiger partial charge in [0.05, 0.1) is 4.92 Å². The molecule has 6 heteroatoms. The van der Waals surface area contributed by atoms with Crippen LogP contribution >= 0.6 is 11.6 Å². The molecule has 0 unspecified atom stereocenters. The fourth-order valence-electron chi connectivity index (χ4n) is 2.49. The van der Waals surface area contributed by atoms with Crippen LogP contribution in [0.25, 0.3) is 6.08 Å². The van der Waals surface area contributed by atoms with E-state index >= 15 is 0 Å². The average molecular weight is 316 g/mol. The predicted octanol–water partition coefficient (Wildman–Crippen LogP) is 3.78. The zero-order valence-electron chi connectivity index (χ0n) is 11.2. The first-order valence-corrected chi connectivity index (χ1v) is 6.85. The van der Waals surface area contributed by atoms with Gasteiger partial charge in [-0.1, -0.05) is 29.8 Å². The molecule has 3 rings (SSSR count). The largest absolute Gasteiger partial charge is 0.502 e. The van der Waals surface area contributed by atoms with E-state index in [0.717, 1.165) is 5.56 Å². The lowest BCUT2D eigenvalue weighted by atomic mass is 10.1. The van der Waals surface area contributed by atoms with E-state index < -0.39 is 16.4 Å². The summed E-state index contributed by atoms with van der Waals surface area (Å²) < 4.78 is 0. The van der Waals surface area contributed by atoms with Gasteiger partial charge >= 0.3 is 5.69 Å². The molecule has 1 N–H and O–H groups in total. The van der Waals surface area contributed by atoms with Crippen molar-refractivity contribution in [2.24, 2.45) is 0 Å². The molecule has 0 fully saturated rings. The first-order valence-electron chi connectivity index (χ1n) is 6.47. The van der Waals surface area contributed by atoms with Gasteiger partial charge in [0.25, 0.3) is 0 Å². The molecule has 0 amide bonds. The number of ketones is 1. The molecule has 0 atom stereocenters. The lowest BCUT2D eigenvalue weighted by molar-refractivity contribution is -0.385. The number of allylic oxidation sites excluding steroid dienone is 1. The predicted molar refractivity (Wildman–Crippen MR) is 82.2 cm³/mol. The Hall–Kier alpha value is -2.66. The summed E-state index contributed by atoms with van der Waals surface area (Å²) in [6.45, 7) is 0. The first kappa shape index (κ1) is 14.3. The molecule has 0 bridgehead atoms. The highest BCUT2D eigenvalue weighted by Crippen LogP contribution is 2.34. The summed E-state index contributed by atoms with van der Waals surface area (Å²) >= 11 is 6.09. The van der Waals surface area contributed by atoms with E-state index in [1.807, 2.05) is 0 Å². The Labute approximate surface area is 130 Å². The summed E-state index contributed by atoms with van der Waals surface area (Å²) in [5.74, 6) is -0.538. The quantitative estimate of drug-likeness (QED) is 0.519. The number of nitro groups is 1. The molecule has 0 saturated heterocycles. The third-order valence-electron chi connectivity index (χ3n) is 3.56. The van der Waals surface area contributed by atoms with Crippen molar-refractivity contribution in [3.8, 4) is 5.75 Å². The summed E-state index contributed by atoms with van der Waals surface area (Å²) in [6.07, 6.45) is 1.98. The molecule has 5 nitrogen and oxygen atoms in total. The maximum atomic E-state index is 12.3. The Morgan fingerprint density at radius 1 is 1.27 bits per heavy atom. The highest BCUT2D eigenvalue weighted by atomic mass is 35.5. The van der Waals surface area contributed by atoms with E-state index in [4.69, 9.17) is 11.6 Å². The SMILES string of the molecule is O=C1/C(=C\c2ccc(O)c([N+](=O)[O-])c2)Cc2c(Cl)cccc21. The Morgan fingerprint density at radius 3 is 2.73 bits per heavy atom. The number of nitro benzene ring substituents is 1. The van der Waals surface area contributed by atoms with E-state index in [0.29, 0.717) is 28.1 Å². The minimum atomic E-state index is -0.667. The van der Waals surface area contributed by atoms with Crippen LogP contribution in [0.2, 0.25) is 5.02 Å². The van der Waals surface area contributed by atoms with Crippen LogP contribution in [0.1, 0.15) is 21.5 Å². The Balaban J connectivity index is 2.02. The molecule has 0 radical (unpaired) electrons. The number of carbonyl (C=O) groups is 1. The van der Waals surface area contributed by atoms with Crippen molar-refractivity contribution in [3.05, 3.63) is 73.8 Å². The molecule has 2 aromatic rings. The minimum Gasteiger partial charge on any atom is -0.502 e. The van der Waals surface area contributed by atoms with Crippen LogP contribution < -0.4 is 0 Å². The van der Waals surface area contributed by atoms with Crippen molar-refractivity contribution in [3.63, 3.8) is 0 Å². The number of halogens is 1. The molecular formula is C16H10ClNO4. The molecule has 1 aliphatic carbocycles. The molecular weight excluding hydrogens is 306 g/mol. The third-order valence-corrected chi connectivity index (χ3v) is 3.91. The minimum absolute atomic E-state index is 0.131. The number of hydrogen-bond acceptors (Lipinski definition) is 4. The number of fused-ring (bicyclic) bond motifs is 1. The number of benzene rings is 2. The monoisotopic (exact) mass is 315 g/mol. The van der Waals surface area contributed by atoms with Crippen LogP contribution in [-0.2, 0) is 6.42 Å². The lowest BCUT2D eigenvalue weighted by Gasteiger charge is -1.99. The molecule has 1 aliphatic rings. The van der Waals surface area contributed by atoms with Crippen LogP contribution in [0, 0.1) is 10.1 Å². The number of nitrogens with zero attached hydrogens (tertiary/aromatic N) is 1. The zero-order chi connectivity index (χ0) is 15.9. The fraction of sp³-hybridized carbons (Fsp3) is 0.0625. The van der Waals surface area contributed by atoms with Gasteiger partial charge in [-0.3, -0.25) is 14.9 Å². The summed E-state index contributed by atoms with van der Waals surface area (Å²) in [4.78, 5) is 22.5. The summed E-state index contributed by atoms with van der Waals surface area (Å²) in [6, 6.07) is 9.15. The zero-order valence-corrected chi connectivity index (χ0v) is 12.0. The number of hydrogen-bond donors (Lipinski definition) is 1. The smallest absolute Gasteiger partial charge is 0.311 e. The van der Waals surface area contributed by atoms with E-state index in [9.17, 15) is 20.0 Å². The van der Waals surface area contributed by atoms with Crippen LogP contribution in [0.4, 0.5) is 5.69 Å². The molecule has 2 aromatic carbocycles. The van der Waals surface area contributed by atoms with Crippen molar-refractivity contribution in [1.29, 1.82) is 0 Å².